The van der Waals surface area contributed by atoms with Gasteiger partial charge in [0.25, 0.3) is 0 Å². The van der Waals surface area contributed by atoms with Crippen LogP contribution in [0.4, 0.5) is 28.4 Å². The molecule has 73 heavy (non-hydrogen) atoms. The third-order valence-electron chi connectivity index (χ3n) is 17.8. The molecule has 0 saturated carbocycles. The van der Waals surface area contributed by atoms with Crippen molar-refractivity contribution in [2.75, 3.05) is 10.2 Å². The summed E-state index contributed by atoms with van der Waals surface area (Å²) in [7, 11) is 2.58. The molecule has 13 rings (SSSR count). The van der Waals surface area contributed by atoms with E-state index in [-0.39, 0.29) is 21.7 Å². The van der Waals surface area contributed by atoms with Crippen molar-refractivity contribution in [2.45, 2.75) is 130 Å². The van der Waals surface area contributed by atoms with Gasteiger partial charge in [-0.05, 0) is 200 Å². The number of benzene rings is 8. The number of aryl methyl sites for hydroxylation is 4. The van der Waals surface area contributed by atoms with Crippen molar-refractivity contribution in [1.82, 2.24) is 0 Å². The minimum atomic E-state index is 0.0379. The van der Waals surface area contributed by atoms with Crippen LogP contribution in [-0.2, 0) is 21.7 Å². The number of hydrogen-bond donors (Lipinski definition) is 1. The molecule has 1 aliphatic heterocycles. The van der Waals surface area contributed by atoms with Gasteiger partial charge < -0.3 is 10.2 Å². The Balaban J connectivity index is 1.15. The van der Waals surface area contributed by atoms with E-state index in [0.29, 0.717) is 0 Å². The van der Waals surface area contributed by atoms with Crippen molar-refractivity contribution in [3.63, 3.8) is 0 Å². The van der Waals surface area contributed by atoms with Crippen LogP contribution in [0.25, 0.3) is 63.3 Å². The van der Waals surface area contributed by atoms with Crippen molar-refractivity contribution < 1.29 is 0 Å². The first-order valence-corrected chi connectivity index (χ1v) is 28.3. The maximum atomic E-state index is 4.14. The Kier molecular flexibility index (Phi) is 10.3. The van der Waals surface area contributed by atoms with E-state index in [4.69, 9.17) is 0 Å². The van der Waals surface area contributed by atoms with Crippen molar-refractivity contribution in [2.24, 2.45) is 0 Å². The highest BCUT2D eigenvalue weighted by Gasteiger charge is 2.42. The number of thiophene rings is 2. The molecule has 1 radical (unpaired) electrons. The lowest BCUT2D eigenvalue weighted by atomic mass is 9.60. The van der Waals surface area contributed by atoms with Crippen LogP contribution >= 0.6 is 22.7 Å². The molecule has 0 spiro atoms. The maximum Gasteiger partial charge on any atom is 0.211 e. The van der Waals surface area contributed by atoms with Gasteiger partial charge in [0.2, 0.25) is 7.28 Å². The molecule has 2 nitrogen and oxygen atoms in total. The average molecular weight is 986 g/mol. The van der Waals surface area contributed by atoms with Crippen LogP contribution in [0.5, 0.6) is 0 Å². The first-order chi connectivity index (χ1) is 34.8. The van der Waals surface area contributed by atoms with Crippen LogP contribution in [0.3, 0.4) is 0 Å². The van der Waals surface area contributed by atoms with E-state index in [1.807, 2.05) is 22.7 Å². The Labute approximate surface area is 441 Å². The van der Waals surface area contributed by atoms with E-state index in [2.05, 4.69) is 228 Å². The van der Waals surface area contributed by atoms with Gasteiger partial charge in [-0.3, -0.25) is 0 Å². The van der Waals surface area contributed by atoms with Gasteiger partial charge in [0, 0.05) is 48.2 Å². The highest BCUT2D eigenvalue weighted by atomic mass is 32.1. The summed E-state index contributed by atoms with van der Waals surface area (Å²) in [5.74, 6) is 0. The summed E-state index contributed by atoms with van der Waals surface area (Å²) in [5.41, 5.74) is 23.9. The van der Waals surface area contributed by atoms with Gasteiger partial charge in [-0.15, -0.1) is 22.7 Å². The fraction of sp³-hybridized carbons (Fsp3) is 0.294. The summed E-state index contributed by atoms with van der Waals surface area (Å²) in [6.07, 6.45) is 4.72. The predicted octanol–water partition coefficient (Wildman–Crippen LogP) is 18.9. The molecule has 3 heterocycles. The minimum Gasteiger partial charge on any atom is -0.354 e. The van der Waals surface area contributed by atoms with Crippen LogP contribution in [0.2, 0.25) is 0 Å². The predicted molar refractivity (Wildman–Crippen MR) is 322 cm³/mol. The van der Waals surface area contributed by atoms with Gasteiger partial charge in [-0.25, -0.2) is 0 Å². The van der Waals surface area contributed by atoms with Crippen molar-refractivity contribution in [3.05, 3.63) is 172 Å². The van der Waals surface area contributed by atoms with Crippen molar-refractivity contribution in [1.29, 1.82) is 0 Å². The summed E-state index contributed by atoms with van der Waals surface area (Å²) < 4.78 is 5.28. The monoisotopic (exact) mass is 985 g/mol. The molecule has 10 aromatic rings. The summed E-state index contributed by atoms with van der Waals surface area (Å²) in [5, 5.41) is 10.6. The molecule has 0 unspecified atom stereocenters. The van der Waals surface area contributed by atoms with Gasteiger partial charge in [-0.1, -0.05) is 140 Å². The Morgan fingerprint density at radius 1 is 0.479 bits per heavy atom. The standard InChI is InChI=1S/C68H66BN2S2/c1-38-30-40(3)59(41(4)31-38)43-33-48(60-44-19-14-13-18-42(44)24-25-53(60)70-54-22-17-21-46-45-20-15-16-23-57(45)72-63(46)54)61-56(34-43)71(55-36-51-49(32-39(55)2)65(5,6)26-28-67(51,9)10)62-47-35-50-52(37-58(47)73-64(62)69-61)68(11,12)29-27-66(50,7)8/h13-25,30-37,70H,26-29H2,1-12H3. The molecular formula is C68H66BN2S2. The molecular weight excluding hydrogens is 920 g/mol. The highest BCUT2D eigenvalue weighted by Crippen LogP contribution is 2.55. The summed E-state index contributed by atoms with van der Waals surface area (Å²) in [6, 6.07) is 49.5. The van der Waals surface area contributed by atoms with E-state index in [1.165, 1.54) is 154 Å². The number of anilines is 5. The zero-order chi connectivity index (χ0) is 50.7. The number of hydrogen-bond acceptors (Lipinski definition) is 4. The van der Waals surface area contributed by atoms with Crippen LogP contribution in [0, 0.1) is 27.7 Å². The van der Waals surface area contributed by atoms with Crippen LogP contribution in [0.1, 0.15) is 126 Å². The summed E-state index contributed by atoms with van der Waals surface area (Å²) in [4.78, 5) is 2.74. The lowest BCUT2D eigenvalue weighted by molar-refractivity contribution is 0.332. The number of rotatable bonds is 5. The Morgan fingerprint density at radius 2 is 1.10 bits per heavy atom. The Bertz CT molecular complexity index is 3960. The second-order valence-electron chi connectivity index (χ2n) is 24.8. The largest absolute Gasteiger partial charge is 0.354 e. The maximum absolute atomic E-state index is 4.14. The number of fused-ring (bicyclic) bond motifs is 10. The molecule has 8 aromatic carbocycles. The molecule has 2 aromatic heterocycles. The third-order valence-corrected chi connectivity index (χ3v) is 20.1. The second kappa shape index (κ2) is 16.2. The van der Waals surface area contributed by atoms with Gasteiger partial charge in [0.1, 0.15) is 0 Å². The smallest absolute Gasteiger partial charge is 0.211 e. The molecule has 0 amide bonds. The van der Waals surface area contributed by atoms with Crippen LogP contribution in [-0.4, -0.2) is 7.28 Å². The van der Waals surface area contributed by atoms with Crippen molar-refractivity contribution in [3.8, 4) is 22.3 Å². The van der Waals surface area contributed by atoms with Crippen LogP contribution in [0.15, 0.2) is 127 Å². The molecule has 0 atom stereocenters. The zero-order valence-electron chi connectivity index (χ0n) is 44.8. The Morgan fingerprint density at radius 3 is 1.81 bits per heavy atom. The molecule has 2 aliphatic carbocycles. The first kappa shape index (κ1) is 46.6. The van der Waals surface area contributed by atoms with E-state index in [1.54, 1.807) is 0 Å². The first-order valence-electron chi connectivity index (χ1n) is 26.7. The van der Waals surface area contributed by atoms with E-state index >= 15 is 0 Å². The topological polar surface area (TPSA) is 15.3 Å². The fourth-order valence-electron chi connectivity index (χ4n) is 13.6. The van der Waals surface area contributed by atoms with Crippen LogP contribution < -0.4 is 20.5 Å². The third kappa shape index (κ3) is 7.22. The summed E-state index contributed by atoms with van der Waals surface area (Å²) >= 11 is 3.86. The lowest BCUT2D eigenvalue weighted by Gasteiger charge is -2.44. The molecule has 0 fully saturated rings. The Hall–Kier alpha value is -6.14. The van der Waals surface area contributed by atoms with E-state index in [9.17, 15) is 0 Å². The van der Waals surface area contributed by atoms with E-state index in [0.717, 1.165) is 17.8 Å². The minimum absolute atomic E-state index is 0.0379. The molecule has 363 valence electrons. The molecule has 5 heteroatoms. The fourth-order valence-corrected chi connectivity index (χ4v) is 15.9. The molecule has 1 N–H and O–H groups in total. The molecule has 3 aliphatic rings. The second-order valence-corrected chi connectivity index (χ2v) is 26.9. The van der Waals surface area contributed by atoms with Gasteiger partial charge >= 0.3 is 0 Å². The highest BCUT2D eigenvalue weighted by molar-refractivity contribution is 7.29. The van der Waals surface area contributed by atoms with Gasteiger partial charge in [-0.2, -0.15) is 0 Å². The van der Waals surface area contributed by atoms with Gasteiger partial charge in [0.05, 0.1) is 16.1 Å². The lowest BCUT2D eigenvalue weighted by Crippen LogP contribution is -2.40. The van der Waals surface area contributed by atoms with E-state index < -0.39 is 0 Å². The summed E-state index contributed by atoms with van der Waals surface area (Å²) in [6.45, 7) is 29.0. The normalized spacial score (nSPS) is 17.1. The average Bonchev–Trinajstić information content (AvgIpc) is 3.91. The van der Waals surface area contributed by atoms with Crippen molar-refractivity contribution >= 4 is 110 Å². The molecule has 0 bridgehead atoms. The van der Waals surface area contributed by atoms with Gasteiger partial charge in [0.15, 0.2) is 0 Å². The quantitative estimate of drug-likeness (QED) is 0.173. The zero-order valence-corrected chi connectivity index (χ0v) is 46.4. The molecule has 0 saturated heterocycles. The number of nitrogens with one attached hydrogen (secondary N) is 1. The number of nitrogens with zero attached hydrogens (tertiary/aromatic N) is 1. The SMILES string of the molecule is Cc1cc(C)c(-c2cc(-c3c(Nc4cccc5c4sc4ccccc45)ccc4ccccc34)c3c(c2)N(c2cc4c(cc2C)C(C)(C)CCC4(C)C)c2c(sc4cc5c(cc24)C(C)(C)CCC5(C)C)[B]3)c(C)c1.